The first-order chi connectivity index (χ1) is 11.5. The van der Waals surface area contributed by atoms with Gasteiger partial charge in [0.1, 0.15) is 17.8 Å². The molecular formula is C16H20N4O4. The summed E-state index contributed by atoms with van der Waals surface area (Å²) >= 11 is 0. The molecule has 0 aromatic heterocycles. The molecule has 2 atom stereocenters. The summed E-state index contributed by atoms with van der Waals surface area (Å²) in [5, 5.41) is 5.44. The molecule has 3 rings (SSSR count). The van der Waals surface area contributed by atoms with Crippen molar-refractivity contribution in [2.24, 2.45) is 0 Å². The second-order valence-corrected chi connectivity index (χ2v) is 5.89. The topological polar surface area (TPSA) is 91.0 Å². The van der Waals surface area contributed by atoms with E-state index in [1.165, 1.54) is 0 Å². The molecule has 2 N–H and O–H groups in total. The molecule has 1 aromatic rings. The number of ether oxygens (including phenoxy) is 1. The summed E-state index contributed by atoms with van der Waals surface area (Å²) in [4.78, 5) is 39.8. The molecule has 24 heavy (non-hydrogen) atoms. The number of nitrogens with zero attached hydrogens (tertiary/aromatic N) is 2. The first-order valence-electron chi connectivity index (χ1n) is 7.80. The zero-order valence-electron chi connectivity index (χ0n) is 13.6. The van der Waals surface area contributed by atoms with Crippen LogP contribution in [0.4, 0.5) is 10.5 Å². The maximum absolute atomic E-state index is 12.4. The van der Waals surface area contributed by atoms with Crippen LogP contribution in [0.2, 0.25) is 0 Å². The van der Waals surface area contributed by atoms with Crippen LogP contribution in [0.3, 0.4) is 0 Å². The summed E-state index contributed by atoms with van der Waals surface area (Å²) in [6.07, 6.45) is 0. The number of anilines is 1. The fourth-order valence-electron chi connectivity index (χ4n) is 2.98. The molecule has 2 aliphatic heterocycles. The Morgan fingerprint density at radius 3 is 2.88 bits per heavy atom. The van der Waals surface area contributed by atoms with Crippen LogP contribution in [0.15, 0.2) is 24.3 Å². The van der Waals surface area contributed by atoms with Gasteiger partial charge in [-0.2, -0.15) is 0 Å². The zero-order chi connectivity index (χ0) is 17.3. The maximum Gasteiger partial charge on any atom is 0.321 e. The number of rotatable bonds is 2. The van der Waals surface area contributed by atoms with E-state index in [0.717, 1.165) is 0 Å². The Bertz CT molecular complexity index is 678. The van der Waals surface area contributed by atoms with Crippen molar-refractivity contribution in [2.45, 2.75) is 19.0 Å². The van der Waals surface area contributed by atoms with Gasteiger partial charge in [-0.1, -0.05) is 6.07 Å². The maximum atomic E-state index is 12.4. The van der Waals surface area contributed by atoms with Crippen molar-refractivity contribution in [2.75, 3.05) is 32.1 Å². The van der Waals surface area contributed by atoms with E-state index < -0.39 is 12.1 Å². The summed E-state index contributed by atoms with van der Waals surface area (Å²) in [5.74, 6) is 0.317. The third-order valence-corrected chi connectivity index (χ3v) is 4.30. The number of hydrogen-bond donors (Lipinski definition) is 2. The van der Waals surface area contributed by atoms with Gasteiger partial charge in [0.05, 0.1) is 13.7 Å². The lowest BCUT2D eigenvalue weighted by molar-refractivity contribution is -0.151. The molecule has 8 heteroatoms. The Morgan fingerprint density at radius 2 is 2.12 bits per heavy atom. The number of hydrogen-bond acceptors (Lipinski definition) is 4. The molecule has 8 nitrogen and oxygen atoms in total. The van der Waals surface area contributed by atoms with Crippen molar-refractivity contribution in [1.82, 2.24) is 15.1 Å². The highest BCUT2D eigenvalue weighted by Gasteiger charge is 2.42. The highest BCUT2D eigenvalue weighted by Crippen LogP contribution is 2.19. The van der Waals surface area contributed by atoms with E-state index in [2.05, 4.69) is 10.6 Å². The molecule has 0 bridgehead atoms. The first-order valence-corrected chi connectivity index (χ1v) is 7.80. The number of urea groups is 1. The van der Waals surface area contributed by atoms with E-state index in [0.29, 0.717) is 24.5 Å². The number of carbonyl (C=O) groups excluding carboxylic acids is 3. The molecule has 2 heterocycles. The highest BCUT2D eigenvalue weighted by molar-refractivity contribution is 5.98. The number of carbonyl (C=O) groups is 3. The van der Waals surface area contributed by atoms with Crippen LogP contribution in [0, 0.1) is 0 Å². The number of methoxy groups -OCH3 is 1. The minimum Gasteiger partial charge on any atom is -0.497 e. The number of benzene rings is 1. The average molecular weight is 332 g/mol. The molecule has 0 spiro atoms. The molecular weight excluding hydrogens is 312 g/mol. The third-order valence-electron chi connectivity index (χ3n) is 4.30. The molecule has 4 amide bonds. The Balaban J connectivity index is 1.67. The van der Waals surface area contributed by atoms with E-state index >= 15 is 0 Å². The number of amides is 4. The second-order valence-electron chi connectivity index (χ2n) is 5.89. The van der Waals surface area contributed by atoms with Crippen molar-refractivity contribution in [3.05, 3.63) is 24.3 Å². The van der Waals surface area contributed by atoms with Crippen LogP contribution in [-0.4, -0.2) is 66.5 Å². The Kier molecular flexibility index (Phi) is 4.28. The van der Waals surface area contributed by atoms with E-state index in [1.54, 1.807) is 48.1 Å². The highest BCUT2D eigenvalue weighted by atomic mass is 16.5. The fraction of sp³-hybridized carbons (Fsp3) is 0.438. The van der Waals surface area contributed by atoms with Gasteiger partial charge < -0.3 is 25.2 Å². The van der Waals surface area contributed by atoms with Crippen LogP contribution in [-0.2, 0) is 9.59 Å². The van der Waals surface area contributed by atoms with Crippen LogP contribution >= 0.6 is 0 Å². The minimum atomic E-state index is -0.626. The van der Waals surface area contributed by atoms with Crippen molar-refractivity contribution in [1.29, 1.82) is 0 Å². The standard InChI is InChI=1S/C16H20N4O4/c1-10-15(22)20-7-6-19(9-13(20)14(21)17-10)16(23)18-11-4-3-5-12(8-11)24-2/h3-5,8,10,13H,6-7,9H2,1-2H3,(H,17,21)(H,18,23)/t10-,13+/m1/s1. The lowest BCUT2D eigenvalue weighted by Crippen LogP contribution is -2.69. The van der Waals surface area contributed by atoms with Gasteiger partial charge in [-0.25, -0.2) is 4.79 Å². The fourth-order valence-corrected chi connectivity index (χ4v) is 2.98. The van der Waals surface area contributed by atoms with Gasteiger partial charge in [0.2, 0.25) is 11.8 Å². The molecule has 2 aliphatic rings. The van der Waals surface area contributed by atoms with Crippen LogP contribution in [0.1, 0.15) is 6.92 Å². The Morgan fingerprint density at radius 1 is 1.33 bits per heavy atom. The monoisotopic (exact) mass is 332 g/mol. The van der Waals surface area contributed by atoms with Gasteiger partial charge in [0.15, 0.2) is 0 Å². The SMILES string of the molecule is COc1cccc(NC(=O)N2CCN3C(=O)[C@@H](C)NC(=O)[C@@H]3C2)c1. The zero-order valence-corrected chi connectivity index (χ0v) is 13.6. The van der Waals surface area contributed by atoms with Gasteiger partial charge in [-0.15, -0.1) is 0 Å². The van der Waals surface area contributed by atoms with E-state index in [4.69, 9.17) is 4.74 Å². The van der Waals surface area contributed by atoms with E-state index in [9.17, 15) is 14.4 Å². The molecule has 128 valence electrons. The molecule has 0 aliphatic carbocycles. The van der Waals surface area contributed by atoms with Crippen molar-refractivity contribution in [3.8, 4) is 5.75 Å². The smallest absolute Gasteiger partial charge is 0.321 e. The van der Waals surface area contributed by atoms with Crippen LogP contribution < -0.4 is 15.4 Å². The van der Waals surface area contributed by atoms with Crippen molar-refractivity contribution < 1.29 is 19.1 Å². The lowest BCUT2D eigenvalue weighted by atomic mass is 10.1. The summed E-state index contributed by atoms with van der Waals surface area (Å²) in [7, 11) is 1.56. The lowest BCUT2D eigenvalue weighted by Gasteiger charge is -2.44. The molecule has 0 radical (unpaired) electrons. The van der Waals surface area contributed by atoms with Gasteiger partial charge >= 0.3 is 6.03 Å². The van der Waals surface area contributed by atoms with Crippen LogP contribution in [0.25, 0.3) is 0 Å². The Labute approximate surface area is 139 Å². The molecule has 2 saturated heterocycles. The normalized spacial score (nSPS) is 23.4. The molecule has 1 aromatic carbocycles. The van der Waals surface area contributed by atoms with Crippen molar-refractivity contribution >= 4 is 23.5 Å². The van der Waals surface area contributed by atoms with E-state index in [-0.39, 0.29) is 24.4 Å². The Hall–Kier alpha value is -2.77. The number of nitrogens with one attached hydrogen (secondary N) is 2. The summed E-state index contributed by atoms with van der Waals surface area (Å²) in [6.45, 7) is 2.59. The summed E-state index contributed by atoms with van der Waals surface area (Å²) in [5.41, 5.74) is 0.611. The largest absolute Gasteiger partial charge is 0.497 e. The van der Waals surface area contributed by atoms with Crippen LogP contribution in [0.5, 0.6) is 5.75 Å². The molecule has 0 unspecified atom stereocenters. The number of fused-ring (bicyclic) bond motifs is 1. The average Bonchev–Trinajstić information content (AvgIpc) is 2.59. The van der Waals surface area contributed by atoms with Gasteiger partial charge in [0.25, 0.3) is 0 Å². The van der Waals surface area contributed by atoms with E-state index in [1.807, 2.05) is 0 Å². The summed E-state index contributed by atoms with van der Waals surface area (Å²) in [6, 6.07) is 5.60. The molecule has 0 saturated carbocycles. The van der Waals surface area contributed by atoms with Gasteiger partial charge in [-0.3, -0.25) is 9.59 Å². The predicted octanol–water partition coefficient (Wildman–Crippen LogP) is 0.258. The third kappa shape index (κ3) is 2.99. The summed E-state index contributed by atoms with van der Waals surface area (Å²) < 4.78 is 5.13. The quantitative estimate of drug-likeness (QED) is 0.813. The predicted molar refractivity (Wildman–Crippen MR) is 86.7 cm³/mol. The minimum absolute atomic E-state index is 0.104. The van der Waals surface area contributed by atoms with Crippen molar-refractivity contribution in [3.63, 3.8) is 0 Å². The second kappa shape index (κ2) is 6.38. The van der Waals surface area contributed by atoms with Gasteiger partial charge in [-0.05, 0) is 19.1 Å². The first kappa shape index (κ1) is 16.1. The van der Waals surface area contributed by atoms with Gasteiger partial charge in [0, 0.05) is 24.8 Å². The number of piperazine rings is 2. The molecule has 2 fully saturated rings.